The van der Waals surface area contributed by atoms with E-state index in [-0.39, 0.29) is 12.1 Å². The van der Waals surface area contributed by atoms with Crippen molar-refractivity contribution in [2.24, 2.45) is 0 Å². The van der Waals surface area contributed by atoms with Crippen LogP contribution >= 0.6 is 0 Å². The molecule has 0 spiro atoms. The molecule has 0 bridgehead atoms. The van der Waals surface area contributed by atoms with Gasteiger partial charge in [-0.15, -0.1) is 0 Å². The fourth-order valence-corrected chi connectivity index (χ4v) is 2.05. The number of aromatic nitrogens is 2. The molecule has 1 unspecified atom stereocenters. The molecule has 0 saturated carbocycles. The average molecular weight is 259 g/mol. The topological polar surface area (TPSA) is 49.9 Å². The Kier molecular flexibility index (Phi) is 4.58. The molecule has 102 valence electrons. The zero-order valence-corrected chi connectivity index (χ0v) is 11.7. The van der Waals surface area contributed by atoms with Crippen LogP contribution in [0.15, 0.2) is 36.7 Å². The van der Waals surface area contributed by atoms with Crippen molar-refractivity contribution in [3.8, 4) is 5.75 Å². The molecule has 0 aliphatic rings. The molecule has 0 aliphatic heterocycles. The molecule has 1 atom stereocenters. The summed E-state index contributed by atoms with van der Waals surface area (Å²) < 4.78 is 5.74. The highest BCUT2D eigenvalue weighted by Crippen LogP contribution is 2.23. The summed E-state index contributed by atoms with van der Waals surface area (Å²) in [5.74, 6) is 1.81. The summed E-state index contributed by atoms with van der Waals surface area (Å²) in [5, 5.41) is 3.43. The fourth-order valence-electron chi connectivity index (χ4n) is 2.05. The third-order valence-electron chi connectivity index (χ3n) is 2.76. The van der Waals surface area contributed by atoms with Gasteiger partial charge >= 0.3 is 0 Å². The van der Waals surface area contributed by atoms with Crippen LogP contribution < -0.4 is 10.1 Å². The summed E-state index contributed by atoms with van der Waals surface area (Å²) in [6.07, 6.45) is 3.79. The number of rotatable bonds is 6. The van der Waals surface area contributed by atoms with E-state index in [0.717, 1.165) is 23.7 Å². The second kappa shape index (κ2) is 6.38. The van der Waals surface area contributed by atoms with Crippen LogP contribution in [0.4, 0.5) is 0 Å². The molecule has 19 heavy (non-hydrogen) atoms. The molecule has 2 aromatic rings. The summed E-state index contributed by atoms with van der Waals surface area (Å²) >= 11 is 0. The lowest BCUT2D eigenvalue weighted by atomic mass is 10.1. The Balaban J connectivity index is 2.26. The molecule has 0 saturated heterocycles. The minimum Gasteiger partial charge on any atom is -0.491 e. The summed E-state index contributed by atoms with van der Waals surface area (Å²) in [4.78, 5) is 7.51. The highest BCUT2D eigenvalue weighted by molar-refractivity contribution is 5.33. The van der Waals surface area contributed by atoms with Gasteiger partial charge in [0.1, 0.15) is 11.6 Å². The van der Waals surface area contributed by atoms with Gasteiger partial charge < -0.3 is 15.0 Å². The van der Waals surface area contributed by atoms with E-state index >= 15 is 0 Å². The number of hydrogen-bond donors (Lipinski definition) is 2. The molecule has 4 heteroatoms. The maximum atomic E-state index is 5.74. The van der Waals surface area contributed by atoms with Gasteiger partial charge in [0.15, 0.2) is 0 Å². The van der Waals surface area contributed by atoms with Crippen LogP contribution in [0, 0.1) is 0 Å². The van der Waals surface area contributed by atoms with Gasteiger partial charge in [-0.05, 0) is 38.1 Å². The van der Waals surface area contributed by atoms with Crippen molar-refractivity contribution in [2.45, 2.75) is 32.9 Å². The van der Waals surface area contributed by atoms with Crippen molar-refractivity contribution >= 4 is 0 Å². The van der Waals surface area contributed by atoms with E-state index in [4.69, 9.17) is 4.74 Å². The summed E-state index contributed by atoms with van der Waals surface area (Å²) in [6.45, 7) is 7.02. The lowest BCUT2D eigenvalue weighted by molar-refractivity contribution is 0.242. The third-order valence-corrected chi connectivity index (χ3v) is 2.76. The standard InChI is InChI=1S/C15H21N3O/c1-4-16-14(15-17-8-9-18-15)12-6-5-7-13(10-12)19-11(2)3/h5-11,14,16H,4H2,1-3H3,(H,17,18). The van der Waals surface area contributed by atoms with Gasteiger partial charge in [0, 0.05) is 12.4 Å². The Morgan fingerprint density at radius 1 is 1.37 bits per heavy atom. The highest BCUT2D eigenvalue weighted by Gasteiger charge is 2.15. The first-order valence-corrected chi connectivity index (χ1v) is 6.70. The van der Waals surface area contributed by atoms with Crippen LogP contribution in [0.1, 0.15) is 38.2 Å². The molecule has 2 rings (SSSR count). The monoisotopic (exact) mass is 259 g/mol. The second-order valence-corrected chi connectivity index (χ2v) is 4.70. The Morgan fingerprint density at radius 3 is 2.84 bits per heavy atom. The van der Waals surface area contributed by atoms with Crippen LogP contribution in [-0.4, -0.2) is 22.6 Å². The summed E-state index contributed by atoms with van der Waals surface area (Å²) in [7, 11) is 0. The minimum atomic E-state index is 0.0655. The Labute approximate surface area is 114 Å². The molecule has 1 heterocycles. The normalized spacial score (nSPS) is 12.6. The molecule has 2 N–H and O–H groups in total. The van der Waals surface area contributed by atoms with Gasteiger partial charge in [-0.2, -0.15) is 0 Å². The molecule has 1 aromatic carbocycles. The number of ether oxygens (including phenoxy) is 1. The molecule has 0 radical (unpaired) electrons. The van der Waals surface area contributed by atoms with E-state index < -0.39 is 0 Å². The van der Waals surface area contributed by atoms with Gasteiger partial charge in [-0.1, -0.05) is 19.1 Å². The predicted octanol–water partition coefficient (Wildman–Crippen LogP) is 2.90. The number of nitrogens with zero attached hydrogens (tertiary/aromatic N) is 1. The number of imidazole rings is 1. The molecule has 1 aromatic heterocycles. The maximum absolute atomic E-state index is 5.74. The van der Waals surface area contributed by atoms with Gasteiger partial charge in [-0.3, -0.25) is 0 Å². The van der Waals surface area contributed by atoms with E-state index in [0.29, 0.717) is 0 Å². The van der Waals surface area contributed by atoms with Crippen LogP contribution in [0.2, 0.25) is 0 Å². The smallest absolute Gasteiger partial charge is 0.127 e. The SMILES string of the molecule is CCNC(c1cccc(OC(C)C)c1)c1ncc[nH]1. The van der Waals surface area contributed by atoms with E-state index in [1.807, 2.05) is 32.2 Å². The Bertz CT molecular complexity index is 494. The van der Waals surface area contributed by atoms with Crippen LogP contribution in [-0.2, 0) is 0 Å². The van der Waals surface area contributed by atoms with Gasteiger partial charge in [0.25, 0.3) is 0 Å². The van der Waals surface area contributed by atoms with Crippen LogP contribution in [0.3, 0.4) is 0 Å². The third kappa shape index (κ3) is 3.58. The van der Waals surface area contributed by atoms with Gasteiger partial charge in [0.2, 0.25) is 0 Å². The molecular formula is C15H21N3O. The van der Waals surface area contributed by atoms with Gasteiger partial charge in [0.05, 0.1) is 12.1 Å². The first-order valence-electron chi connectivity index (χ1n) is 6.70. The molecular weight excluding hydrogens is 238 g/mol. The average Bonchev–Trinajstić information content (AvgIpc) is 2.89. The fraction of sp³-hybridized carbons (Fsp3) is 0.400. The largest absolute Gasteiger partial charge is 0.491 e. The van der Waals surface area contributed by atoms with Crippen molar-refractivity contribution in [3.63, 3.8) is 0 Å². The summed E-state index contributed by atoms with van der Waals surface area (Å²) in [5.41, 5.74) is 1.15. The minimum absolute atomic E-state index is 0.0655. The van der Waals surface area contributed by atoms with E-state index in [1.165, 1.54) is 0 Å². The number of hydrogen-bond acceptors (Lipinski definition) is 3. The van der Waals surface area contributed by atoms with Crippen molar-refractivity contribution in [2.75, 3.05) is 6.54 Å². The number of aromatic amines is 1. The van der Waals surface area contributed by atoms with Crippen LogP contribution in [0.25, 0.3) is 0 Å². The number of nitrogens with one attached hydrogen (secondary N) is 2. The van der Waals surface area contributed by atoms with E-state index in [2.05, 4.69) is 34.3 Å². The molecule has 0 aliphatic carbocycles. The Morgan fingerprint density at radius 2 is 2.21 bits per heavy atom. The van der Waals surface area contributed by atoms with Crippen molar-refractivity contribution in [1.29, 1.82) is 0 Å². The molecule has 0 amide bonds. The van der Waals surface area contributed by atoms with Crippen molar-refractivity contribution in [1.82, 2.24) is 15.3 Å². The first kappa shape index (κ1) is 13.6. The van der Waals surface area contributed by atoms with Gasteiger partial charge in [-0.25, -0.2) is 4.98 Å². The molecule has 0 fully saturated rings. The van der Waals surface area contributed by atoms with Crippen molar-refractivity contribution < 1.29 is 4.74 Å². The van der Waals surface area contributed by atoms with E-state index in [1.54, 1.807) is 6.20 Å². The number of H-pyrrole nitrogens is 1. The van der Waals surface area contributed by atoms with Crippen LogP contribution in [0.5, 0.6) is 5.75 Å². The zero-order chi connectivity index (χ0) is 13.7. The maximum Gasteiger partial charge on any atom is 0.127 e. The quantitative estimate of drug-likeness (QED) is 0.838. The summed E-state index contributed by atoms with van der Waals surface area (Å²) in [6, 6.07) is 8.21. The molecule has 4 nitrogen and oxygen atoms in total. The first-order chi connectivity index (χ1) is 9.20. The zero-order valence-electron chi connectivity index (χ0n) is 11.7. The van der Waals surface area contributed by atoms with Crippen molar-refractivity contribution in [3.05, 3.63) is 48.0 Å². The lowest BCUT2D eigenvalue weighted by Crippen LogP contribution is -2.23. The highest BCUT2D eigenvalue weighted by atomic mass is 16.5. The Hall–Kier alpha value is -1.81. The predicted molar refractivity (Wildman–Crippen MR) is 76.3 cm³/mol. The second-order valence-electron chi connectivity index (χ2n) is 4.70. The number of benzene rings is 1. The lowest BCUT2D eigenvalue weighted by Gasteiger charge is -2.18. The van der Waals surface area contributed by atoms with E-state index in [9.17, 15) is 0 Å².